The first-order chi connectivity index (χ1) is 8.24. The van der Waals surface area contributed by atoms with Crippen molar-refractivity contribution >= 4 is 17.7 Å². The molecule has 1 heterocycles. The monoisotopic (exact) mass is 254 g/mol. The first-order valence-electron chi connectivity index (χ1n) is 6.03. The highest BCUT2D eigenvalue weighted by molar-refractivity contribution is 7.99. The van der Waals surface area contributed by atoms with E-state index in [0.717, 1.165) is 30.0 Å². The van der Waals surface area contributed by atoms with E-state index in [2.05, 4.69) is 10.5 Å². The fourth-order valence-electron chi connectivity index (χ4n) is 2.07. The van der Waals surface area contributed by atoms with E-state index in [1.807, 2.05) is 13.0 Å². The second-order valence-electron chi connectivity index (χ2n) is 4.47. The van der Waals surface area contributed by atoms with Gasteiger partial charge in [0.2, 0.25) is 5.91 Å². The Morgan fingerprint density at radius 3 is 3.00 bits per heavy atom. The lowest BCUT2D eigenvalue weighted by molar-refractivity contribution is -0.119. The molecule has 0 aliphatic heterocycles. The summed E-state index contributed by atoms with van der Waals surface area (Å²) in [5.41, 5.74) is 0.904. The van der Waals surface area contributed by atoms with Gasteiger partial charge in [-0.15, -0.1) is 11.8 Å². The van der Waals surface area contributed by atoms with Crippen molar-refractivity contribution in [3.8, 4) is 0 Å². The van der Waals surface area contributed by atoms with E-state index >= 15 is 0 Å². The van der Waals surface area contributed by atoms with Gasteiger partial charge in [-0.3, -0.25) is 4.79 Å². The predicted octanol–water partition coefficient (Wildman–Crippen LogP) is 2.28. The van der Waals surface area contributed by atoms with E-state index in [0.29, 0.717) is 11.8 Å². The largest absolute Gasteiger partial charge is 0.361 e. The normalized spacial score (nSPS) is 16.3. The summed E-state index contributed by atoms with van der Waals surface area (Å²) < 4.78 is 4.97. The molecule has 1 N–H and O–H groups in total. The van der Waals surface area contributed by atoms with E-state index in [9.17, 15) is 4.79 Å². The first kappa shape index (κ1) is 12.5. The maximum Gasteiger partial charge on any atom is 0.230 e. The third-order valence-electron chi connectivity index (χ3n) is 2.88. The smallest absolute Gasteiger partial charge is 0.230 e. The van der Waals surface area contributed by atoms with Crippen LogP contribution in [0, 0.1) is 6.92 Å². The van der Waals surface area contributed by atoms with Crippen molar-refractivity contribution in [1.82, 2.24) is 10.5 Å². The zero-order valence-corrected chi connectivity index (χ0v) is 10.9. The second kappa shape index (κ2) is 6.10. The number of thioether (sulfide) groups is 1. The molecule has 1 aromatic rings. The highest BCUT2D eigenvalue weighted by Crippen LogP contribution is 2.18. The Labute approximate surface area is 106 Å². The van der Waals surface area contributed by atoms with Gasteiger partial charge in [0.15, 0.2) is 0 Å². The molecule has 0 radical (unpaired) electrons. The number of hydrogen-bond acceptors (Lipinski definition) is 4. The van der Waals surface area contributed by atoms with Crippen molar-refractivity contribution in [1.29, 1.82) is 0 Å². The highest BCUT2D eigenvalue weighted by Gasteiger charge is 2.16. The number of nitrogens with zero attached hydrogens (tertiary/aromatic N) is 1. The average Bonchev–Trinajstić information content (AvgIpc) is 2.90. The van der Waals surface area contributed by atoms with E-state index in [1.54, 1.807) is 11.8 Å². The lowest BCUT2D eigenvalue weighted by atomic mass is 10.2. The quantitative estimate of drug-likeness (QED) is 0.875. The molecular formula is C12H18N2O2S. The van der Waals surface area contributed by atoms with E-state index < -0.39 is 0 Å². The predicted molar refractivity (Wildman–Crippen MR) is 67.8 cm³/mol. The molecule has 0 saturated heterocycles. The molecule has 94 valence electrons. The van der Waals surface area contributed by atoms with Crippen molar-refractivity contribution in [2.75, 3.05) is 5.75 Å². The highest BCUT2D eigenvalue weighted by atomic mass is 32.2. The molecule has 1 amide bonds. The van der Waals surface area contributed by atoms with Crippen LogP contribution in [0.2, 0.25) is 0 Å². The van der Waals surface area contributed by atoms with Crippen molar-refractivity contribution in [2.24, 2.45) is 0 Å². The van der Waals surface area contributed by atoms with Crippen molar-refractivity contribution in [2.45, 2.75) is 44.4 Å². The Hall–Kier alpha value is -0.970. The average molecular weight is 254 g/mol. The Morgan fingerprint density at radius 2 is 2.35 bits per heavy atom. The minimum absolute atomic E-state index is 0.141. The van der Waals surface area contributed by atoms with Crippen LogP contribution in [0.3, 0.4) is 0 Å². The van der Waals surface area contributed by atoms with Crippen LogP contribution < -0.4 is 5.32 Å². The van der Waals surface area contributed by atoms with E-state index in [4.69, 9.17) is 4.52 Å². The molecule has 5 heteroatoms. The number of nitrogens with one attached hydrogen (secondary N) is 1. The van der Waals surface area contributed by atoms with E-state index in [1.165, 1.54) is 12.8 Å². The number of carbonyl (C=O) groups is 1. The molecule has 0 atom stereocenters. The van der Waals surface area contributed by atoms with Gasteiger partial charge in [0.25, 0.3) is 0 Å². The zero-order chi connectivity index (χ0) is 12.1. The van der Waals surface area contributed by atoms with E-state index in [-0.39, 0.29) is 5.91 Å². The van der Waals surface area contributed by atoms with Gasteiger partial charge in [-0.25, -0.2) is 0 Å². The number of aromatic nitrogens is 1. The number of hydrogen-bond donors (Lipinski definition) is 1. The van der Waals surface area contributed by atoms with Crippen LogP contribution in [0.25, 0.3) is 0 Å². The van der Waals surface area contributed by atoms with Crippen LogP contribution >= 0.6 is 11.8 Å². The van der Waals surface area contributed by atoms with Crippen molar-refractivity contribution in [3.63, 3.8) is 0 Å². The minimum atomic E-state index is 0.141. The minimum Gasteiger partial charge on any atom is -0.361 e. The molecule has 1 aliphatic rings. The number of aryl methyl sites for hydroxylation is 1. The van der Waals surface area contributed by atoms with Gasteiger partial charge < -0.3 is 9.84 Å². The van der Waals surface area contributed by atoms with Gasteiger partial charge in [-0.1, -0.05) is 18.0 Å². The van der Waals surface area contributed by atoms with Gasteiger partial charge in [0.1, 0.15) is 5.76 Å². The van der Waals surface area contributed by atoms with Gasteiger partial charge in [-0.2, -0.15) is 0 Å². The molecule has 17 heavy (non-hydrogen) atoms. The van der Waals surface area contributed by atoms with Gasteiger partial charge in [-0.05, 0) is 19.8 Å². The summed E-state index contributed by atoms with van der Waals surface area (Å²) in [6.45, 7) is 1.87. The SMILES string of the molecule is Cc1cc(CSCC(=O)NC2CCCC2)no1. The third-order valence-corrected chi connectivity index (χ3v) is 3.85. The summed E-state index contributed by atoms with van der Waals surface area (Å²) in [7, 11) is 0. The Bertz CT molecular complexity index is 372. The molecule has 4 nitrogen and oxygen atoms in total. The van der Waals surface area contributed by atoms with Crippen LogP contribution in [0.1, 0.15) is 37.1 Å². The lowest BCUT2D eigenvalue weighted by Gasteiger charge is -2.10. The summed E-state index contributed by atoms with van der Waals surface area (Å²) in [5, 5.41) is 6.96. The summed E-state index contributed by atoms with van der Waals surface area (Å²) in [5.74, 6) is 2.19. The molecule has 1 saturated carbocycles. The fourth-order valence-corrected chi connectivity index (χ4v) is 2.79. The van der Waals surface area contributed by atoms with Gasteiger partial charge >= 0.3 is 0 Å². The molecule has 0 unspecified atom stereocenters. The van der Waals surface area contributed by atoms with Gasteiger partial charge in [0.05, 0.1) is 11.4 Å². The maximum atomic E-state index is 11.6. The summed E-state index contributed by atoms with van der Waals surface area (Å²) in [6, 6.07) is 2.32. The van der Waals surface area contributed by atoms with Crippen LogP contribution in [0.5, 0.6) is 0 Å². The molecule has 0 bridgehead atoms. The molecule has 0 aromatic carbocycles. The standard InChI is InChI=1S/C12H18N2O2S/c1-9-6-11(14-16-9)7-17-8-12(15)13-10-4-2-3-5-10/h6,10H,2-5,7-8H2,1H3,(H,13,15). The molecule has 0 spiro atoms. The van der Waals surface area contributed by atoms with Crippen molar-refractivity contribution < 1.29 is 9.32 Å². The Kier molecular flexibility index (Phi) is 4.48. The van der Waals surface area contributed by atoms with Gasteiger partial charge in [0, 0.05) is 17.9 Å². The lowest BCUT2D eigenvalue weighted by Crippen LogP contribution is -2.33. The number of rotatable bonds is 5. The zero-order valence-electron chi connectivity index (χ0n) is 10.1. The second-order valence-corrected chi connectivity index (χ2v) is 5.46. The van der Waals surface area contributed by atoms with Crippen LogP contribution in [-0.4, -0.2) is 22.9 Å². The summed E-state index contributed by atoms with van der Waals surface area (Å²) in [6.07, 6.45) is 4.77. The van der Waals surface area contributed by atoms with Crippen LogP contribution in [0.15, 0.2) is 10.6 Å². The molecule has 2 rings (SSSR count). The first-order valence-corrected chi connectivity index (χ1v) is 7.19. The topological polar surface area (TPSA) is 55.1 Å². The fraction of sp³-hybridized carbons (Fsp3) is 0.667. The number of amides is 1. The molecule has 1 fully saturated rings. The third kappa shape index (κ3) is 4.07. The van der Waals surface area contributed by atoms with Crippen molar-refractivity contribution in [3.05, 3.63) is 17.5 Å². The maximum absolute atomic E-state index is 11.6. The molecule has 1 aliphatic carbocycles. The van der Waals surface area contributed by atoms with Crippen LogP contribution in [-0.2, 0) is 10.5 Å². The molecule has 1 aromatic heterocycles. The Morgan fingerprint density at radius 1 is 1.59 bits per heavy atom. The molecular weight excluding hydrogens is 236 g/mol. The number of carbonyl (C=O) groups excluding carboxylic acids is 1. The Balaban J connectivity index is 1.62. The summed E-state index contributed by atoms with van der Waals surface area (Å²) in [4.78, 5) is 11.6. The summed E-state index contributed by atoms with van der Waals surface area (Å²) >= 11 is 1.58. The van der Waals surface area contributed by atoms with Crippen LogP contribution in [0.4, 0.5) is 0 Å².